The Morgan fingerprint density at radius 1 is 1.32 bits per heavy atom. The minimum absolute atomic E-state index is 0.109. The van der Waals surface area contributed by atoms with Gasteiger partial charge in [0.05, 0.1) is 16.6 Å². The van der Waals surface area contributed by atoms with Gasteiger partial charge in [0, 0.05) is 18.3 Å². The summed E-state index contributed by atoms with van der Waals surface area (Å²) >= 11 is 1.61. The zero-order valence-electron chi connectivity index (χ0n) is 14.6. The van der Waals surface area contributed by atoms with Crippen molar-refractivity contribution in [1.82, 2.24) is 10.3 Å². The molecule has 0 radical (unpaired) electrons. The third-order valence-electron chi connectivity index (χ3n) is 3.96. The van der Waals surface area contributed by atoms with Crippen LogP contribution in [0.5, 0.6) is 0 Å². The number of carboxylic acids is 1. The van der Waals surface area contributed by atoms with Crippen LogP contribution >= 0.6 is 11.3 Å². The van der Waals surface area contributed by atoms with E-state index in [-0.39, 0.29) is 12.5 Å². The van der Waals surface area contributed by atoms with E-state index in [1.54, 1.807) is 11.3 Å². The van der Waals surface area contributed by atoms with Crippen molar-refractivity contribution in [1.29, 1.82) is 0 Å². The van der Waals surface area contributed by atoms with E-state index in [0.717, 1.165) is 28.2 Å². The van der Waals surface area contributed by atoms with Crippen LogP contribution in [0.3, 0.4) is 0 Å². The molecule has 5 nitrogen and oxygen atoms in total. The van der Waals surface area contributed by atoms with Gasteiger partial charge in [0.25, 0.3) is 0 Å². The lowest BCUT2D eigenvalue weighted by Crippen LogP contribution is -2.34. The first-order valence-corrected chi connectivity index (χ1v) is 9.28. The molecule has 0 aliphatic carbocycles. The zero-order valence-corrected chi connectivity index (χ0v) is 15.4. The molecule has 134 valence electrons. The molecular weight excluding hydrogens is 336 g/mol. The lowest BCUT2D eigenvalue weighted by atomic mass is 9.98. The predicted octanol–water partition coefficient (Wildman–Crippen LogP) is 3.14. The summed E-state index contributed by atoms with van der Waals surface area (Å²) in [5.74, 6) is -1.62. The maximum Gasteiger partial charge on any atom is 0.308 e. The van der Waals surface area contributed by atoms with Crippen molar-refractivity contribution in [3.8, 4) is 0 Å². The van der Waals surface area contributed by atoms with Crippen molar-refractivity contribution in [3.63, 3.8) is 0 Å². The lowest BCUT2D eigenvalue weighted by Gasteiger charge is -2.14. The van der Waals surface area contributed by atoms with Gasteiger partial charge in [0.2, 0.25) is 5.91 Å². The Labute approximate surface area is 152 Å². The number of hydrogen-bond acceptors (Lipinski definition) is 4. The van der Waals surface area contributed by atoms with Crippen LogP contribution in [0.2, 0.25) is 0 Å². The first kappa shape index (κ1) is 19.1. The average Bonchev–Trinajstić information content (AvgIpc) is 2.96. The van der Waals surface area contributed by atoms with Gasteiger partial charge in [-0.25, -0.2) is 4.98 Å². The number of nitrogens with zero attached hydrogens (tertiary/aromatic N) is 1. The molecule has 0 spiro atoms. The third-order valence-corrected chi connectivity index (χ3v) is 4.79. The van der Waals surface area contributed by atoms with Crippen LogP contribution in [0.25, 0.3) is 0 Å². The van der Waals surface area contributed by atoms with Crippen LogP contribution in [0, 0.1) is 19.8 Å². The summed E-state index contributed by atoms with van der Waals surface area (Å²) in [7, 11) is 0. The predicted molar refractivity (Wildman–Crippen MR) is 98.8 cm³/mol. The second-order valence-corrected chi connectivity index (χ2v) is 7.31. The minimum Gasteiger partial charge on any atom is -0.481 e. The highest BCUT2D eigenvalue weighted by molar-refractivity contribution is 7.09. The number of nitrogens with one attached hydrogen (secondary N) is 1. The number of carbonyl (C=O) groups is 2. The van der Waals surface area contributed by atoms with E-state index in [4.69, 9.17) is 0 Å². The van der Waals surface area contributed by atoms with Crippen molar-refractivity contribution in [2.45, 2.75) is 39.5 Å². The summed E-state index contributed by atoms with van der Waals surface area (Å²) in [5.41, 5.74) is 3.08. The van der Waals surface area contributed by atoms with Gasteiger partial charge in [-0.15, -0.1) is 11.3 Å². The Morgan fingerprint density at radius 2 is 2.12 bits per heavy atom. The van der Waals surface area contributed by atoms with Crippen LogP contribution < -0.4 is 5.32 Å². The van der Waals surface area contributed by atoms with Crippen LogP contribution in [0.15, 0.2) is 29.6 Å². The van der Waals surface area contributed by atoms with E-state index in [1.165, 1.54) is 0 Å². The molecule has 0 saturated carbocycles. The van der Waals surface area contributed by atoms with Gasteiger partial charge in [0.15, 0.2) is 0 Å². The minimum atomic E-state index is -0.889. The molecule has 1 unspecified atom stereocenters. The molecule has 1 aromatic heterocycles. The molecule has 2 N–H and O–H groups in total. The first-order valence-electron chi connectivity index (χ1n) is 8.40. The fourth-order valence-electron chi connectivity index (χ4n) is 2.65. The maximum absolute atomic E-state index is 12.0. The number of aliphatic carboxylic acids is 1. The fourth-order valence-corrected chi connectivity index (χ4v) is 3.30. The molecule has 1 amide bonds. The summed E-state index contributed by atoms with van der Waals surface area (Å²) in [6.45, 7) is 4.09. The average molecular weight is 360 g/mol. The Hall–Kier alpha value is -2.21. The van der Waals surface area contributed by atoms with E-state index in [2.05, 4.69) is 10.3 Å². The van der Waals surface area contributed by atoms with Crippen molar-refractivity contribution in [3.05, 3.63) is 51.5 Å². The third kappa shape index (κ3) is 6.66. The van der Waals surface area contributed by atoms with Crippen LogP contribution in [0.4, 0.5) is 0 Å². The highest BCUT2D eigenvalue weighted by Crippen LogP contribution is 2.12. The lowest BCUT2D eigenvalue weighted by molar-refractivity contribution is -0.141. The van der Waals surface area contributed by atoms with Gasteiger partial charge in [0.1, 0.15) is 0 Å². The van der Waals surface area contributed by atoms with E-state index in [0.29, 0.717) is 19.3 Å². The number of amides is 1. The number of thiazole rings is 1. The van der Waals surface area contributed by atoms with E-state index in [9.17, 15) is 14.7 Å². The Kier molecular flexibility index (Phi) is 7.13. The normalized spacial score (nSPS) is 11.9. The maximum atomic E-state index is 12.0. The van der Waals surface area contributed by atoms with Crippen LogP contribution in [-0.2, 0) is 22.4 Å². The van der Waals surface area contributed by atoms with Gasteiger partial charge in [-0.05, 0) is 38.7 Å². The topological polar surface area (TPSA) is 79.3 Å². The Morgan fingerprint density at radius 3 is 2.76 bits per heavy atom. The first-order chi connectivity index (χ1) is 11.9. The fraction of sp³-hybridized carbons (Fsp3) is 0.421. The van der Waals surface area contributed by atoms with E-state index >= 15 is 0 Å². The SMILES string of the molecule is Cc1cccc(CC(CNC(=O)CCCc2csc(C)n2)C(=O)O)c1. The summed E-state index contributed by atoms with van der Waals surface area (Å²) < 4.78 is 0. The number of aromatic nitrogens is 1. The van der Waals surface area contributed by atoms with Crippen molar-refractivity contribution in [2.75, 3.05) is 6.54 Å². The number of aryl methyl sites for hydroxylation is 3. The van der Waals surface area contributed by atoms with Gasteiger partial charge >= 0.3 is 5.97 Å². The summed E-state index contributed by atoms with van der Waals surface area (Å²) in [4.78, 5) is 27.8. The molecule has 0 aliphatic rings. The zero-order chi connectivity index (χ0) is 18.2. The van der Waals surface area contributed by atoms with Gasteiger partial charge in [-0.3, -0.25) is 9.59 Å². The highest BCUT2D eigenvalue weighted by Gasteiger charge is 2.19. The largest absolute Gasteiger partial charge is 0.481 e. The standard InChI is InChI=1S/C19H24N2O3S/c1-13-5-3-6-15(9-13)10-16(19(23)24)11-20-18(22)8-4-7-17-12-25-14(2)21-17/h3,5-6,9,12,16H,4,7-8,10-11H2,1-2H3,(H,20,22)(H,23,24). The number of rotatable bonds is 9. The molecule has 1 atom stereocenters. The molecule has 0 bridgehead atoms. The summed E-state index contributed by atoms with van der Waals surface area (Å²) in [5, 5.41) is 15.2. The Bertz CT molecular complexity index is 727. The van der Waals surface area contributed by atoms with Gasteiger partial charge in [-0.2, -0.15) is 0 Å². The highest BCUT2D eigenvalue weighted by atomic mass is 32.1. The number of benzene rings is 1. The summed E-state index contributed by atoms with van der Waals surface area (Å²) in [6, 6.07) is 7.79. The number of carbonyl (C=O) groups excluding carboxylic acids is 1. The Balaban J connectivity index is 1.76. The molecule has 2 rings (SSSR count). The van der Waals surface area contributed by atoms with Gasteiger partial charge < -0.3 is 10.4 Å². The van der Waals surface area contributed by atoms with E-state index < -0.39 is 11.9 Å². The molecule has 2 aromatic rings. The molecular formula is C19H24N2O3S. The second-order valence-electron chi connectivity index (χ2n) is 6.24. The number of hydrogen-bond donors (Lipinski definition) is 2. The molecule has 1 heterocycles. The molecule has 25 heavy (non-hydrogen) atoms. The van der Waals surface area contributed by atoms with Crippen molar-refractivity contribution < 1.29 is 14.7 Å². The van der Waals surface area contributed by atoms with Crippen molar-refractivity contribution in [2.24, 2.45) is 5.92 Å². The second kappa shape index (κ2) is 9.32. The number of carboxylic acid groups (broad SMARTS) is 1. The monoisotopic (exact) mass is 360 g/mol. The smallest absolute Gasteiger partial charge is 0.308 e. The molecule has 6 heteroatoms. The summed E-state index contributed by atoms with van der Waals surface area (Å²) in [6.07, 6.45) is 2.27. The van der Waals surface area contributed by atoms with Crippen LogP contribution in [-0.4, -0.2) is 28.5 Å². The van der Waals surface area contributed by atoms with Crippen LogP contribution in [0.1, 0.15) is 34.7 Å². The molecule has 0 fully saturated rings. The quantitative estimate of drug-likeness (QED) is 0.720. The molecule has 0 saturated heterocycles. The van der Waals surface area contributed by atoms with E-state index in [1.807, 2.05) is 43.5 Å². The van der Waals surface area contributed by atoms with Crippen molar-refractivity contribution >= 4 is 23.2 Å². The van der Waals surface area contributed by atoms with Gasteiger partial charge in [-0.1, -0.05) is 29.8 Å². The molecule has 1 aromatic carbocycles. The molecule has 0 aliphatic heterocycles.